The number of anilines is 1. The first kappa shape index (κ1) is 15.8. The Balaban J connectivity index is 2.39. The van der Waals surface area contributed by atoms with Crippen molar-refractivity contribution in [3.8, 4) is 6.07 Å². The van der Waals surface area contributed by atoms with Gasteiger partial charge in [0.2, 0.25) is 0 Å². The summed E-state index contributed by atoms with van der Waals surface area (Å²) in [4.78, 5) is 2.06. The van der Waals surface area contributed by atoms with E-state index in [4.69, 9.17) is 0 Å². The molecule has 0 aliphatic carbocycles. The van der Waals surface area contributed by atoms with Gasteiger partial charge in [-0.3, -0.25) is 0 Å². The van der Waals surface area contributed by atoms with Crippen molar-refractivity contribution in [3.63, 3.8) is 0 Å². The highest BCUT2D eigenvalue weighted by atomic mass is 15.1. The zero-order chi connectivity index (χ0) is 17.0. The van der Waals surface area contributed by atoms with Gasteiger partial charge >= 0.3 is 0 Å². The Labute approximate surface area is 143 Å². The molecule has 0 unspecified atom stereocenters. The Morgan fingerprint density at radius 2 is 1.17 bits per heavy atom. The van der Waals surface area contributed by atoms with Gasteiger partial charge in [0.25, 0.3) is 0 Å². The summed E-state index contributed by atoms with van der Waals surface area (Å²) in [5, 5.41) is 10.4. The number of nitriles is 1. The van der Waals surface area contributed by atoms with Crippen LogP contribution in [-0.4, -0.2) is 14.1 Å². The highest BCUT2D eigenvalue weighted by Gasteiger charge is 2.38. The SMILES string of the molecule is CN(C)c1ccccc1C(C#N)(c1ccccc1)c1ccccc1. The van der Waals surface area contributed by atoms with E-state index in [1.54, 1.807) is 0 Å². The molecule has 0 aromatic heterocycles. The van der Waals surface area contributed by atoms with Crippen LogP contribution in [0.2, 0.25) is 0 Å². The molecular formula is C22H20N2. The fourth-order valence-electron chi connectivity index (χ4n) is 3.22. The third-order valence-corrected chi connectivity index (χ3v) is 4.37. The molecule has 3 aromatic rings. The first-order chi connectivity index (χ1) is 11.7. The predicted octanol–water partition coefficient (Wildman–Crippen LogP) is 4.61. The molecule has 118 valence electrons. The summed E-state index contributed by atoms with van der Waals surface area (Å²) in [5.74, 6) is 0. The van der Waals surface area contributed by atoms with Crippen LogP contribution in [0.4, 0.5) is 5.69 Å². The first-order valence-electron chi connectivity index (χ1n) is 7.99. The summed E-state index contributed by atoms with van der Waals surface area (Å²) in [6.45, 7) is 0. The van der Waals surface area contributed by atoms with Crippen LogP contribution in [0.5, 0.6) is 0 Å². The molecule has 0 saturated carbocycles. The average molecular weight is 312 g/mol. The molecule has 0 aliphatic rings. The van der Waals surface area contributed by atoms with Crippen molar-refractivity contribution in [1.82, 2.24) is 0 Å². The summed E-state index contributed by atoms with van der Waals surface area (Å²) in [7, 11) is 4.02. The van der Waals surface area contributed by atoms with Gasteiger partial charge in [-0.25, -0.2) is 0 Å². The molecule has 0 bridgehead atoms. The van der Waals surface area contributed by atoms with Crippen LogP contribution in [0.15, 0.2) is 84.9 Å². The molecule has 0 radical (unpaired) electrons. The van der Waals surface area contributed by atoms with Crippen molar-refractivity contribution >= 4 is 5.69 Å². The zero-order valence-electron chi connectivity index (χ0n) is 14.0. The van der Waals surface area contributed by atoms with E-state index < -0.39 is 5.41 Å². The van der Waals surface area contributed by atoms with E-state index >= 15 is 0 Å². The van der Waals surface area contributed by atoms with Gasteiger partial charge in [0, 0.05) is 25.3 Å². The molecule has 0 heterocycles. The number of hydrogen-bond acceptors (Lipinski definition) is 2. The largest absolute Gasteiger partial charge is 0.377 e. The van der Waals surface area contributed by atoms with E-state index in [2.05, 4.69) is 23.1 Å². The van der Waals surface area contributed by atoms with Gasteiger partial charge < -0.3 is 4.90 Å². The minimum absolute atomic E-state index is 0.844. The van der Waals surface area contributed by atoms with Gasteiger partial charge in [0.1, 0.15) is 5.41 Å². The third-order valence-electron chi connectivity index (χ3n) is 4.37. The molecule has 0 aliphatic heterocycles. The minimum atomic E-state index is -0.844. The van der Waals surface area contributed by atoms with Crippen molar-refractivity contribution in [1.29, 1.82) is 5.26 Å². The maximum Gasteiger partial charge on any atom is 0.134 e. The number of hydrogen-bond donors (Lipinski definition) is 0. The van der Waals surface area contributed by atoms with Crippen molar-refractivity contribution in [2.45, 2.75) is 5.41 Å². The van der Waals surface area contributed by atoms with E-state index in [9.17, 15) is 5.26 Å². The van der Waals surface area contributed by atoms with Crippen LogP contribution < -0.4 is 4.90 Å². The van der Waals surface area contributed by atoms with E-state index in [0.29, 0.717) is 0 Å². The minimum Gasteiger partial charge on any atom is -0.377 e. The molecule has 0 N–H and O–H groups in total. The molecule has 2 nitrogen and oxygen atoms in total. The Morgan fingerprint density at radius 1 is 0.708 bits per heavy atom. The molecule has 0 saturated heterocycles. The summed E-state index contributed by atoms with van der Waals surface area (Å²) >= 11 is 0. The molecule has 0 amide bonds. The molecule has 0 atom stereocenters. The highest BCUT2D eigenvalue weighted by Crippen LogP contribution is 2.42. The number of benzene rings is 3. The first-order valence-corrected chi connectivity index (χ1v) is 7.99. The topological polar surface area (TPSA) is 27.0 Å². The van der Waals surface area contributed by atoms with Gasteiger partial charge in [-0.1, -0.05) is 78.9 Å². The lowest BCUT2D eigenvalue weighted by molar-refractivity contribution is 0.790. The molecule has 2 heteroatoms. The van der Waals surface area contributed by atoms with Gasteiger partial charge in [0.05, 0.1) is 6.07 Å². The van der Waals surface area contributed by atoms with Crippen molar-refractivity contribution in [3.05, 3.63) is 102 Å². The smallest absolute Gasteiger partial charge is 0.134 e. The lowest BCUT2D eigenvalue weighted by Gasteiger charge is -2.32. The second-order valence-corrected chi connectivity index (χ2v) is 6.01. The number of para-hydroxylation sites is 1. The Morgan fingerprint density at radius 3 is 1.62 bits per heavy atom. The van der Waals surface area contributed by atoms with Crippen LogP contribution in [0.1, 0.15) is 16.7 Å². The maximum atomic E-state index is 10.4. The highest BCUT2D eigenvalue weighted by molar-refractivity contribution is 5.66. The normalized spacial score (nSPS) is 10.9. The van der Waals surface area contributed by atoms with Gasteiger partial charge in [-0.2, -0.15) is 5.26 Å². The molecular weight excluding hydrogens is 292 g/mol. The predicted molar refractivity (Wildman–Crippen MR) is 99.1 cm³/mol. The number of rotatable bonds is 4. The van der Waals surface area contributed by atoms with Crippen LogP contribution in [0.25, 0.3) is 0 Å². The van der Waals surface area contributed by atoms with Crippen molar-refractivity contribution < 1.29 is 0 Å². The summed E-state index contributed by atoms with van der Waals surface area (Å²) < 4.78 is 0. The summed E-state index contributed by atoms with van der Waals surface area (Å²) in [5.41, 5.74) is 3.16. The quantitative estimate of drug-likeness (QED) is 0.658. The average Bonchev–Trinajstić information content (AvgIpc) is 2.65. The fourth-order valence-corrected chi connectivity index (χ4v) is 3.22. The molecule has 3 rings (SSSR count). The lowest BCUT2D eigenvalue weighted by atomic mass is 9.70. The lowest BCUT2D eigenvalue weighted by Crippen LogP contribution is -2.30. The van der Waals surface area contributed by atoms with Crippen molar-refractivity contribution in [2.24, 2.45) is 0 Å². The van der Waals surface area contributed by atoms with Crippen LogP contribution in [0, 0.1) is 11.3 Å². The van der Waals surface area contributed by atoms with Crippen LogP contribution in [0.3, 0.4) is 0 Å². The molecule has 0 fully saturated rings. The summed E-state index contributed by atoms with van der Waals surface area (Å²) in [6, 6.07) is 30.8. The summed E-state index contributed by atoms with van der Waals surface area (Å²) in [6.07, 6.45) is 0. The molecule has 24 heavy (non-hydrogen) atoms. The second-order valence-electron chi connectivity index (χ2n) is 6.01. The van der Waals surface area contributed by atoms with E-state index in [0.717, 1.165) is 22.4 Å². The number of nitrogens with zero attached hydrogens (tertiary/aromatic N) is 2. The van der Waals surface area contributed by atoms with E-state index in [1.807, 2.05) is 86.9 Å². The van der Waals surface area contributed by atoms with Gasteiger partial charge in [0.15, 0.2) is 0 Å². The Kier molecular flexibility index (Phi) is 4.35. The Hall–Kier alpha value is -3.05. The standard InChI is InChI=1S/C22H20N2/c1-24(2)21-16-10-9-15-20(21)22(17-23,18-11-5-3-6-12-18)19-13-7-4-8-14-19/h3-16H,1-2H3. The van der Waals surface area contributed by atoms with Gasteiger partial charge in [-0.15, -0.1) is 0 Å². The zero-order valence-corrected chi connectivity index (χ0v) is 14.0. The maximum absolute atomic E-state index is 10.4. The fraction of sp³-hybridized carbons (Fsp3) is 0.136. The van der Waals surface area contributed by atoms with Gasteiger partial charge in [-0.05, 0) is 17.2 Å². The van der Waals surface area contributed by atoms with Crippen molar-refractivity contribution in [2.75, 3.05) is 19.0 Å². The Bertz CT molecular complexity index is 806. The second kappa shape index (κ2) is 6.60. The molecule has 3 aromatic carbocycles. The van der Waals surface area contributed by atoms with E-state index in [-0.39, 0.29) is 0 Å². The third kappa shape index (κ3) is 2.55. The van der Waals surface area contributed by atoms with Crippen LogP contribution in [-0.2, 0) is 5.41 Å². The molecule has 0 spiro atoms. The monoisotopic (exact) mass is 312 g/mol. The van der Waals surface area contributed by atoms with Crippen LogP contribution >= 0.6 is 0 Å². The van der Waals surface area contributed by atoms with E-state index in [1.165, 1.54) is 0 Å².